The fourth-order valence-corrected chi connectivity index (χ4v) is 2.96. The van der Waals surface area contributed by atoms with Gasteiger partial charge in [-0.25, -0.2) is 0 Å². The first-order chi connectivity index (χ1) is 8.22. The maximum Gasteiger partial charge on any atom is 0.175 e. The van der Waals surface area contributed by atoms with E-state index in [0.717, 1.165) is 30.8 Å². The molecule has 2 aliphatic rings. The zero-order chi connectivity index (χ0) is 11.9. The molecule has 1 fully saturated rings. The lowest BCUT2D eigenvalue weighted by molar-refractivity contribution is 0.167. The number of hydrogen-bond acceptors (Lipinski definition) is 4. The van der Waals surface area contributed by atoms with Crippen LogP contribution in [0.3, 0.4) is 0 Å². The van der Waals surface area contributed by atoms with Gasteiger partial charge in [-0.1, -0.05) is 6.07 Å². The molecule has 1 aromatic rings. The van der Waals surface area contributed by atoms with Crippen molar-refractivity contribution in [3.05, 3.63) is 17.7 Å². The van der Waals surface area contributed by atoms with E-state index in [0.29, 0.717) is 13.2 Å². The van der Waals surface area contributed by atoms with E-state index >= 15 is 0 Å². The molecule has 0 amide bonds. The van der Waals surface area contributed by atoms with Gasteiger partial charge in [0.15, 0.2) is 11.5 Å². The van der Waals surface area contributed by atoms with Gasteiger partial charge in [0.25, 0.3) is 0 Å². The summed E-state index contributed by atoms with van der Waals surface area (Å²) in [6.45, 7) is 1.28. The monoisotopic (exact) mass is 251 g/mol. The van der Waals surface area contributed by atoms with Gasteiger partial charge < -0.3 is 15.2 Å². The van der Waals surface area contributed by atoms with Crippen LogP contribution in [-0.2, 0) is 6.42 Å². The Morgan fingerprint density at radius 2 is 2.06 bits per heavy atom. The number of benzene rings is 1. The van der Waals surface area contributed by atoms with E-state index < -0.39 is 0 Å². The van der Waals surface area contributed by atoms with E-state index in [1.54, 1.807) is 11.8 Å². The highest BCUT2D eigenvalue weighted by Crippen LogP contribution is 2.44. The van der Waals surface area contributed by atoms with Crippen LogP contribution in [0.5, 0.6) is 11.5 Å². The summed E-state index contributed by atoms with van der Waals surface area (Å²) in [5, 5.41) is 0. The van der Waals surface area contributed by atoms with Crippen LogP contribution >= 0.6 is 11.8 Å². The van der Waals surface area contributed by atoms with E-state index in [1.165, 1.54) is 10.5 Å². The predicted molar refractivity (Wildman–Crippen MR) is 69.1 cm³/mol. The number of thioether (sulfide) groups is 1. The number of hydrogen-bond donors (Lipinski definition) is 1. The molecule has 1 aromatic carbocycles. The summed E-state index contributed by atoms with van der Waals surface area (Å²) < 4.78 is 11.3. The van der Waals surface area contributed by atoms with Crippen molar-refractivity contribution in [2.75, 3.05) is 19.5 Å². The Kier molecular flexibility index (Phi) is 2.71. The first-order valence-corrected chi connectivity index (χ1v) is 7.19. The Hall–Kier alpha value is -0.870. The zero-order valence-electron chi connectivity index (χ0n) is 9.99. The van der Waals surface area contributed by atoms with Gasteiger partial charge in [0.05, 0.1) is 4.90 Å². The standard InChI is InChI=1S/C13H17NO2S/c1-17-12-9(8-13(14)4-5-13)2-3-10-11(12)16-7-6-15-10/h2-3H,4-8,14H2,1H3. The predicted octanol–water partition coefficient (Wildman–Crippen LogP) is 2.21. The number of ether oxygens (including phenoxy) is 2. The summed E-state index contributed by atoms with van der Waals surface area (Å²) in [7, 11) is 0. The third-order valence-electron chi connectivity index (χ3n) is 3.38. The van der Waals surface area contributed by atoms with Crippen molar-refractivity contribution in [3.63, 3.8) is 0 Å². The van der Waals surface area contributed by atoms with Gasteiger partial charge in [-0.15, -0.1) is 11.8 Å². The summed E-state index contributed by atoms with van der Waals surface area (Å²) in [6, 6.07) is 4.14. The SMILES string of the molecule is CSc1c(CC2(N)CC2)ccc2c1OCCO2. The van der Waals surface area contributed by atoms with Crippen molar-refractivity contribution in [2.24, 2.45) is 5.73 Å². The van der Waals surface area contributed by atoms with Crippen molar-refractivity contribution >= 4 is 11.8 Å². The van der Waals surface area contributed by atoms with Gasteiger partial charge in [0.2, 0.25) is 0 Å². The highest BCUT2D eigenvalue weighted by Gasteiger charge is 2.39. The molecule has 92 valence electrons. The first-order valence-electron chi connectivity index (χ1n) is 5.96. The summed E-state index contributed by atoms with van der Waals surface area (Å²) in [5.41, 5.74) is 7.53. The number of rotatable bonds is 3. The number of fused-ring (bicyclic) bond motifs is 1. The zero-order valence-corrected chi connectivity index (χ0v) is 10.8. The molecule has 0 spiro atoms. The molecule has 0 radical (unpaired) electrons. The van der Waals surface area contributed by atoms with Gasteiger partial charge in [-0.05, 0) is 37.1 Å². The average Bonchev–Trinajstić information content (AvgIpc) is 3.07. The van der Waals surface area contributed by atoms with Gasteiger partial charge in [-0.3, -0.25) is 0 Å². The Morgan fingerprint density at radius 1 is 1.29 bits per heavy atom. The highest BCUT2D eigenvalue weighted by atomic mass is 32.2. The first kappa shape index (κ1) is 11.2. The van der Waals surface area contributed by atoms with Crippen LogP contribution in [0.4, 0.5) is 0 Å². The molecule has 0 atom stereocenters. The van der Waals surface area contributed by atoms with E-state index in [1.807, 2.05) is 6.07 Å². The topological polar surface area (TPSA) is 44.5 Å². The summed E-state index contributed by atoms with van der Waals surface area (Å²) in [5.74, 6) is 1.77. The second-order valence-electron chi connectivity index (χ2n) is 4.82. The average molecular weight is 251 g/mol. The lowest BCUT2D eigenvalue weighted by atomic mass is 10.0. The molecule has 1 heterocycles. The van der Waals surface area contributed by atoms with Gasteiger partial charge in [0.1, 0.15) is 13.2 Å². The Labute approximate surface area is 106 Å². The van der Waals surface area contributed by atoms with Gasteiger partial charge >= 0.3 is 0 Å². The fraction of sp³-hybridized carbons (Fsp3) is 0.538. The quantitative estimate of drug-likeness (QED) is 0.837. The molecular formula is C13H17NO2S. The van der Waals surface area contributed by atoms with E-state index in [2.05, 4.69) is 12.3 Å². The van der Waals surface area contributed by atoms with Crippen molar-refractivity contribution in [1.82, 2.24) is 0 Å². The van der Waals surface area contributed by atoms with E-state index in [-0.39, 0.29) is 5.54 Å². The Balaban J connectivity index is 1.97. The van der Waals surface area contributed by atoms with Crippen molar-refractivity contribution in [1.29, 1.82) is 0 Å². The van der Waals surface area contributed by atoms with E-state index in [9.17, 15) is 0 Å². The third kappa shape index (κ3) is 2.11. The minimum Gasteiger partial charge on any atom is -0.486 e. The fourth-order valence-electron chi connectivity index (χ4n) is 2.21. The molecule has 3 rings (SSSR count). The normalized spacial score (nSPS) is 20.1. The van der Waals surface area contributed by atoms with Crippen LogP contribution in [0.2, 0.25) is 0 Å². The summed E-state index contributed by atoms with van der Waals surface area (Å²) >= 11 is 1.72. The van der Waals surface area contributed by atoms with Crippen LogP contribution in [-0.4, -0.2) is 25.0 Å². The maximum atomic E-state index is 6.20. The van der Waals surface area contributed by atoms with Crippen LogP contribution < -0.4 is 15.2 Å². The summed E-state index contributed by atoms with van der Waals surface area (Å²) in [6.07, 6.45) is 5.29. The highest BCUT2D eigenvalue weighted by molar-refractivity contribution is 7.98. The smallest absolute Gasteiger partial charge is 0.175 e. The summed E-state index contributed by atoms with van der Waals surface area (Å²) in [4.78, 5) is 1.19. The molecule has 0 aromatic heterocycles. The third-order valence-corrected chi connectivity index (χ3v) is 4.24. The lowest BCUT2D eigenvalue weighted by Crippen LogP contribution is -2.25. The van der Waals surface area contributed by atoms with Crippen LogP contribution in [0.25, 0.3) is 0 Å². The molecule has 0 saturated heterocycles. The van der Waals surface area contributed by atoms with Gasteiger partial charge in [-0.2, -0.15) is 0 Å². The van der Waals surface area contributed by atoms with Crippen molar-refractivity contribution < 1.29 is 9.47 Å². The molecule has 1 aliphatic carbocycles. The molecule has 3 nitrogen and oxygen atoms in total. The molecule has 2 N–H and O–H groups in total. The Bertz CT molecular complexity index is 443. The second-order valence-corrected chi connectivity index (χ2v) is 5.64. The Morgan fingerprint density at radius 3 is 2.76 bits per heavy atom. The van der Waals surface area contributed by atoms with Crippen LogP contribution in [0.15, 0.2) is 17.0 Å². The van der Waals surface area contributed by atoms with Gasteiger partial charge in [0, 0.05) is 5.54 Å². The second kappa shape index (κ2) is 4.10. The lowest BCUT2D eigenvalue weighted by Gasteiger charge is -2.23. The maximum absolute atomic E-state index is 6.20. The molecule has 17 heavy (non-hydrogen) atoms. The molecule has 0 unspecified atom stereocenters. The van der Waals surface area contributed by atoms with E-state index in [4.69, 9.17) is 15.2 Å². The molecule has 1 aliphatic heterocycles. The number of nitrogens with two attached hydrogens (primary N) is 1. The van der Waals surface area contributed by atoms with Crippen molar-refractivity contribution in [3.8, 4) is 11.5 Å². The minimum absolute atomic E-state index is 0.0360. The van der Waals surface area contributed by atoms with Crippen LogP contribution in [0, 0.1) is 0 Å². The molecular weight excluding hydrogens is 234 g/mol. The molecule has 1 saturated carbocycles. The van der Waals surface area contributed by atoms with Crippen molar-refractivity contribution in [2.45, 2.75) is 29.7 Å². The van der Waals surface area contributed by atoms with Crippen LogP contribution in [0.1, 0.15) is 18.4 Å². The molecule has 4 heteroatoms. The molecule has 0 bridgehead atoms. The largest absolute Gasteiger partial charge is 0.486 e. The minimum atomic E-state index is 0.0360.